The molecule has 1 aromatic carbocycles. The highest BCUT2D eigenvalue weighted by Gasteiger charge is 2.20. The minimum Gasteiger partial charge on any atom is -0.481 e. The van der Waals surface area contributed by atoms with Crippen LogP contribution < -0.4 is 0 Å². The fraction of sp³-hybridized carbons (Fsp3) is 0.231. The second-order valence-corrected chi connectivity index (χ2v) is 5.69. The molecule has 0 saturated heterocycles. The van der Waals surface area contributed by atoms with E-state index in [2.05, 4.69) is 0 Å². The average molecular weight is 316 g/mol. The Morgan fingerprint density at radius 3 is 2.80 bits per heavy atom. The fourth-order valence-corrected chi connectivity index (χ4v) is 3.25. The molecule has 0 aliphatic carbocycles. The van der Waals surface area contributed by atoms with E-state index >= 15 is 0 Å². The van der Waals surface area contributed by atoms with Crippen molar-refractivity contribution in [3.05, 3.63) is 33.9 Å². The second-order valence-electron chi connectivity index (χ2n) is 4.26. The van der Waals surface area contributed by atoms with E-state index in [1.807, 2.05) is 0 Å². The molecular weight excluding hydrogens is 305 g/mol. The highest BCUT2D eigenvalue weighted by molar-refractivity contribution is 7.21. The summed E-state index contributed by atoms with van der Waals surface area (Å²) in [5, 5.41) is 9.50. The zero-order valence-electron chi connectivity index (χ0n) is 10.5. The quantitative estimate of drug-likeness (QED) is 0.942. The Kier molecular flexibility index (Phi) is 4.25. The predicted octanol–water partition coefficient (Wildman–Crippen LogP) is 3.24. The highest BCUT2D eigenvalue weighted by Crippen LogP contribution is 2.36. The Morgan fingerprint density at radius 2 is 2.15 bits per heavy atom. The van der Waals surface area contributed by atoms with Gasteiger partial charge in [-0.1, -0.05) is 11.6 Å². The second kappa shape index (κ2) is 5.76. The molecule has 0 saturated carbocycles. The van der Waals surface area contributed by atoms with Crippen molar-refractivity contribution in [3.63, 3.8) is 0 Å². The van der Waals surface area contributed by atoms with Crippen molar-refractivity contribution in [2.24, 2.45) is 0 Å². The van der Waals surface area contributed by atoms with Crippen molar-refractivity contribution in [1.82, 2.24) is 4.90 Å². The maximum Gasteiger partial charge on any atom is 0.305 e. The molecule has 0 bridgehead atoms. The summed E-state index contributed by atoms with van der Waals surface area (Å²) < 4.78 is 13.7. The van der Waals surface area contributed by atoms with Crippen molar-refractivity contribution in [3.8, 4) is 0 Å². The Labute approximate surface area is 123 Å². The van der Waals surface area contributed by atoms with Gasteiger partial charge in [-0.3, -0.25) is 9.59 Å². The summed E-state index contributed by atoms with van der Waals surface area (Å²) in [5.41, 5.74) is 0. The monoisotopic (exact) mass is 315 g/mol. The summed E-state index contributed by atoms with van der Waals surface area (Å²) in [4.78, 5) is 24.3. The van der Waals surface area contributed by atoms with Crippen molar-refractivity contribution >= 4 is 44.9 Å². The van der Waals surface area contributed by atoms with Crippen LogP contribution in [0.5, 0.6) is 0 Å². The molecule has 7 heteroatoms. The summed E-state index contributed by atoms with van der Waals surface area (Å²) in [6.07, 6.45) is -0.140. The molecule has 4 nitrogen and oxygen atoms in total. The Morgan fingerprint density at radius 1 is 1.45 bits per heavy atom. The SMILES string of the molecule is CN(CCC(=O)O)C(=O)c1sc2cc(F)ccc2c1Cl. The number of benzene rings is 1. The molecule has 2 rings (SSSR count). The third-order valence-electron chi connectivity index (χ3n) is 2.79. The molecule has 0 spiro atoms. The van der Waals surface area contributed by atoms with Gasteiger partial charge in [-0.2, -0.15) is 0 Å². The third kappa shape index (κ3) is 2.91. The Balaban J connectivity index is 2.30. The molecule has 1 N–H and O–H groups in total. The number of carbonyl (C=O) groups excluding carboxylic acids is 1. The van der Waals surface area contributed by atoms with Gasteiger partial charge in [-0.25, -0.2) is 4.39 Å². The molecular formula is C13H11ClFNO3S. The summed E-state index contributed by atoms with van der Waals surface area (Å²) >= 11 is 7.23. The zero-order chi connectivity index (χ0) is 14.9. The number of hydrogen-bond donors (Lipinski definition) is 1. The molecule has 0 atom stereocenters. The van der Waals surface area contributed by atoms with E-state index in [1.54, 1.807) is 0 Å². The van der Waals surface area contributed by atoms with Crippen molar-refractivity contribution in [2.75, 3.05) is 13.6 Å². The van der Waals surface area contributed by atoms with E-state index in [0.29, 0.717) is 15.0 Å². The number of carbonyl (C=O) groups is 2. The number of thiophene rings is 1. The van der Waals surface area contributed by atoms with Gasteiger partial charge in [0.2, 0.25) is 0 Å². The van der Waals surface area contributed by atoms with E-state index in [9.17, 15) is 14.0 Å². The highest BCUT2D eigenvalue weighted by atomic mass is 35.5. The van der Waals surface area contributed by atoms with E-state index in [4.69, 9.17) is 16.7 Å². The largest absolute Gasteiger partial charge is 0.481 e. The van der Waals surface area contributed by atoms with Crippen molar-refractivity contribution in [2.45, 2.75) is 6.42 Å². The van der Waals surface area contributed by atoms with Gasteiger partial charge in [0, 0.05) is 23.7 Å². The molecule has 0 aliphatic rings. The molecule has 20 heavy (non-hydrogen) atoms. The normalized spacial score (nSPS) is 10.8. The molecule has 1 aromatic heterocycles. The fourth-order valence-electron chi connectivity index (χ4n) is 1.71. The molecule has 0 fully saturated rings. The predicted molar refractivity (Wildman–Crippen MR) is 76.0 cm³/mol. The number of carboxylic acids is 1. The number of aliphatic carboxylic acids is 1. The summed E-state index contributed by atoms with van der Waals surface area (Å²) in [6, 6.07) is 4.13. The van der Waals surface area contributed by atoms with Gasteiger partial charge in [0.1, 0.15) is 10.7 Å². The van der Waals surface area contributed by atoms with Crippen LogP contribution >= 0.6 is 22.9 Å². The van der Waals surface area contributed by atoms with Crippen LogP contribution in [0.3, 0.4) is 0 Å². The minimum atomic E-state index is -0.978. The van der Waals surface area contributed by atoms with Crippen LogP contribution in [0.4, 0.5) is 4.39 Å². The summed E-state index contributed by atoms with van der Waals surface area (Å²) in [7, 11) is 1.51. The maximum atomic E-state index is 13.1. The van der Waals surface area contributed by atoms with Crippen LogP contribution in [-0.2, 0) is 4.79 Å². The molecule has 1 amide bonds. The van der Waals surface area contributed by atoms with E-state index in [-0.39, 0.29) is 23.9 Å². The maximum absolute atomic E-state index is 13.1. The number of rotatable bonds is 4. The average Bonchev–Trinajstić information content (AvgIpc) is 2.71. The lowest BCUT2D eigenvalue weighted by Gasteiger charge is -2.14. The number of halogens is 2. The lowest BCUT2D eigenvalue weighted by atomic mass is 10.2. The van der Waals surface area contributed by atoms with Crippen LogP contribution in [0, 0.1) is 5.82 Å². The number of carboxylic acid groups (broad SMARTS) is 1. The van der Waals surface area contributed by atoms with Crippen LogP contribution in [0.1, 0.15) is 16.1 Å². The van der Waals surface area contributed by atoms with Gasteiger partial charge < -0.3 is 10.0 Å². The first kappa shape index (κ1) is 14.7. The van der Waals surface area contributed by atoms with Crippen molar-refractivity contribution in [1.29, 1.82) is 0 Å². The van der Waals surface area contributed by atoms with Gasteiger partial charge in [0.15, 0.2) is 0 Å². The Bertz CT molecular complexity index is 686. The molecule has 106 valence electrons. The van der Waals surface area contributed by atoms with E-state index in [0.717, 1.165) is 11.3 Å². The van der Waals surface area contributed by atoms with Gasteiger partial charge in [-0.15, -0.1) is 11.3 Å². The van der Waals surface area contributed by atoms with Crippen LogP contribution in [0.2, 0.25) is 5.02 Å². The number of amides is 1. The number of fused-ring (bicyclic) bond motifs is 1. The lowest BCUT2D eigenvalue weighted by Crippen LogP contribution is -2.28. The molecule has 2 aromatic rings. The molecule has 1 heterocycles. The molecule has 0 radical (unpaired) electrons. The number of nitrogens with zero attached hydrogens (tertiary/aromatic N) is 1. The first-order valence-electron chi connectivity index (χ1n) is 5.75. The third-order valence-corrected chi connectivity index (χ3v) is 4.44. The zero-order valence-corrected chi connectivity index (χ0v) is 12.1. The number of hydrogen-bond acceptors (Lipinski definition) is 3. The van der Waals surface area contributed by atoms with E-state index < -0.39 is 11.8 Å². The topological polar surface area (TPSA) is 57.6 Å². The van der Waals surface area contributed by atoms with Crippen LogP contribution in [0.25, 0.3) is 10.1 Å². The Hall–Kier alpha value is -1.66. The minimum absolute atomic E-state index is 0.0904. The summed E-state index contributed by atoms with van der Waals surface area (Å²) in [6.45, 7) is 0.0904. The van der Waals surface area contributed by atoms with Gasteiger partial charge >= 0.3 is 5.97 Å². The van der Waals surface area contributed by atoms with Crippen LogP contribution in [0.15, 0.2) is 18.2 Å². The smallest absolute Gasteiger partial charge is 0.305 e. The first-order valence-corrected chi connectivity index (χ1v) is 6.94. The van der Waals surface area contributed by atoms with Crippen molar-refractivity contribution < 1.29 is 19.1 Å². The van der Waals surface area contributed by atoms with Crippen LogP contribution in [-0.4, -0.2) is 35.5 Å². The van der Waals surface area contributed by atoms with E-state index in [1.165, 1.54) is 30.1 Å². The summed E-state index contributed by atoms with van der Waals surface area (Å²) in [5.74, 6) is -1.74. The molecule has 0 unspecified atom stereocenters. The standard InChI is InChI=1S/C13H11ClFNO3S/c1-16(5-4-10(17)18)13(19)12-11(14)8-3-2-7(15)6-9(8)20-12/h2-3,6H,4-5H2,1H3,(H,17,18). The van der Waals surface area contributed by atoms with Gasteiger partial charge in [0.25, 0.3) is 5.91 Å². The van der Waals surface area contributed by atoms with Gasteiger partial charge in [-0.05, 0) is 18.2 Å². The lowest BCUT2D eigenvalue weighted by molar-refractivity contribution is -0.137. The molecule has 0 aliphatic heterocycles. The van der Waals surface area contributed by atoms with Gasteiger partial charge in [0.05, 0.1) is 11.4 Å². The first-order chi connectivity index (χ1) is 9.40.